The Morgan fingerprint density at radius 1 is 0.473 bits per heavy atom. The van der Waals surface area contributed by atoms with Gasteiger partial charge >= 0.3 is 11.4 Å². The van der Waals surface area contributed by atoms with Gasteiger partial charge in [-0.25, -0.2) is 34.9 Å². The van der Waals surface area contributed by atoms with Crippen LogP contribution < -0.4 is 120 Å². The summed E-state index contributed by atoms with van der Waals surface area (Å²) in [7, 11) is 4.01. The third-order valence-electron chi connectivity index (χ3n) is 26.5. The number of hydrogen-bond donors (Lipinski definition) is 18. The number of nitrogens with two attached hydrogens (primary N) is 11. The number of aromatic nitrogens is 23. The third kappa shape index (κ3) is 24.0. The number of fused-ring (bicyclic) bond motifs is 7. The molecule has 7 atom stereocenters. The van der Waals surface area contributed by atoms with Crippen molar-refractivity contribution in [2.45, 2.75) is 107 Å². The van der Waals surface area contributed by atoms with Gasteiger partial charge < -0.3 is 125 Å². The van der Waals surface area contributed by atoms with Crippen LogP contribution >= 0.6 is 86.9 Å². The number of nitro groups is 2. The number of anilines is 13. The molecule has 7 fully saturated rings. The lowest BCUT2D eigenvalue weighted by Crippen LogP contribution is -2.36. The topological polar surface area (TPSA) is 719 Å². The molecule has 7 aliphatic rings. The number of carbonyl (C=O) groups is 1. The highest BCUT2D eigenvalue weighted by Gasteiger charge is 2.35. The van der Waals surface area contributed by atoms with Gasteiger partial charge in [0, 0.05) is 207 Å². The average Bonchev–Trinajstić information content (AvgIpc) is 1.60. The molecule has 0 aliphatic carbocycles. The molecule has 7 aliphatic heterocycles. The molecule has 22 heterocycles. The Morgan fingerprint density at radius 2 is 0.947 bits per heavy atom. The third-order valence-corrected chi connectivity index (χ3v) is 29.9. The van der Waals surface area contributed by atoms with Crippen LogP contribution in [0.25, 0.3) is 50.7 Å². The number of rotatable bonds is 24. The molecule has 0 spiro atoms. The second-order valence-electron chi connectivity index (χ2n) is 37.0. The van der Waals surface area contributed by atoms with E-state index in [-0.39, 0.29) is 40.5 Å². The minimum absolute atomic E-state index is 0.0964. The van der Waals surface area contributed by atoms with Crippen LogP contribution in [0.5, 0.6) is 0 Å². The molecular formula is C91H120Br4Cl2N48O5. The first kappa shape index (κ1) is 108. The molecule has 7 saturated heterocycles. The van der Waals surface area contributed by atoms with Gasteiger partial charge in [0.25, 0.3) is 0 Å². The highest BCUT2D eigenvalue weighted by atomic mass is 79.9. The summed E-state index contributed by atoms with van der Waals surface area (Å²) in [5.74, 6) is 7.51. The Hall–Kier alpha value is -13.3. The number of halogens is 6. The lowest BCUT2D eigenvalue weighted by Gasteiger charge is -2.30. The molecule has 0 amide bonds. The highest BCUT2D eigenvalue weighted by Crippen LogP contribution is 2.41. The highest BCUT2D eigenvalue weighted by molar-refractivity contribution is 9.11. The standard InChI is InChI=1S/C17H18N6O.C16H20ClN7.C14H22BrN7.C12H17Br2N7.C12H17BrClN7.2C10H13N7O2/c18-14-8-15(21-12-6-7-19-9-12)22-17-13(10-20-23(14)17)16(24)11-4-2-1-3-5-11;1-22-5-3-4-10(8-22)14-13(17)15(18)24-16(21-14)12(7-20-24)11-6-19-23(2)9-11;1-2-9-7-19-22-12(17)11(15)14(20-13(9)22)21-6-3-10(8-21)18-5-4-16;2*13-8-5-18-21-10(16)9(14)12(19-11(8)21)20-4-1-7(6-20)17-3-2-15;11-6-1-2-15(5-6)9-3-8(12)16-10(14-9)7(4-13-16)17(18)19;11-8-3-9(14-6-1-2-12-4-6)15-10-7(17(18)19)5-13-16(8)10/h1-5,8,10,12,19H,6-7,9,18H2,(H,21,22);6-7,9-10H,3-5,8,18H2,1-2H3;7,10,18H,2-6,8,16-17H2,1H3;2*5,7,17H,1-4,6,15-16H2;3-4,6H,1-2,5,11-12H2;3,5-6,12H,1-2,4,11H2,(H,14,15)/t12-;;10-;2*7-;2*6-/m0.00000/s1. The summed E-state index contributed by atoms with van der Waals surface area (Å²) >= 11 is 26.9. The second kappa shape index (κ2) is 48.4. The number of hydrogen-bond acceptors (Lipinski definition) is 43. The largest absolute Gasteiger partial charge is 0.383 e. The van der Waals surface area contributed by atoms with E-state index in [1.807, 2.05) is 42.5 Å². The number of nitrogens with zero attached hydrogens (tertiary/aromatic N) is 30. The molecule has 150 heavy (non-hydrogen) atoms. The molecule has 59 heteroatoms. The van der Waals surface area contributed by atoms with E-state index >= 15 is 0 Å². The zero-order valence-corrected chi connectivity index (χ0v) is 90.3. The molecular weight excluding hydrogens is 2240 g/mol. The minimum atomic E-state index is -0.520. The lowest BCUT2D eigenvalue weighted by molar-refractivity contribution is -0.383. The first-order valence-corrected chi connectivity index (χ1v) is 52.9. The van der Waals surface area contributed by atoms with Crippen molar-refractivity contribution in [3.63, 3.8) is 0 Å². The van der Waals surface area contributed by atoms with Gasteiger partial charge in [-0.05, 0) is 148 Å². The molecule has 796 valence electrons. The Balaban J connectivity index is 0.000000119. The average molecular weight is 2360 g/mol. The number of aryl methyl sites for hydroxylation is 2. The van der Waals surface area contributed by atoms with Crippen molar-refractivity contribution < 1.29 is 14.6 Å². The number of likely N-dealkylation sites (tertiary alicyclic amines) is 1. The predicted octanol–water partition coefficient (Wildman–Crippen LogP) is 5.82. The zero-order valence-electron chi connectivity index (χ0n) is 82.4. The number of piperidine rings is 1. The van der Waals surface area contributed by atoms with E-state index in [0.717, 1.165) is 244 Å². The van der Waals surface area contributed by atoms with E-state index in [2.05, 4.69) is 195 Å². The number of ketones is 1. The van der Waals surface area contributed by atoms with E-state index in [4.69, 9.17) is 101 Å². The van der Waals surface area contributed by atoms with Crippen molar-refractivity contribution in [3.8, 4) is 11.1 Å². The molecule has 23 rings (SSSR count). The van der Waals surface area contributed by atoms with Gasteiger partial charge in [0.1, 0.15) is 101 Å². The molecule has 29 N–H and O–H groups in total. The molecule has 0 saturated carbocycles. The summed E-state index contributed by atoms with van der Waals surface area (Å²) in [6, 6.07) is 16.1. The summed E-state index contributed by atoms with van der Waals surface area (Å²) in [6.07, 6.45) is 23.7. The summed E-state index contributed by atoms with van der Waals surface area (Å²) in [5, 5.41) is 79.4. The Kier molecular flexibility index (Phi) is 34.8. The maximum atomic E-state index is 12.7. The first-order chi connectivity index (χ1) is 72.3. The quantitative estimate of drug-likeness (QED) is 0.0192. The number of carbonyl (C=O) groups excluding carboxylic acids is 1. The fraction of sp³-hybridized carbons (Fsp3) is 0.429. The summed E-state index contributed by atoms with van der Waals surface area (Å²) in [4.78, 5) is 76.4. The molecule has 1 aromatic carbocycles. The molecule has 16 aromatic rings. The number of nitrogen functional groups attached to an aromatic ring is 7. The molecule has 0 bridgehead atoms. The van der Waals surface area contributed by atoms with Crippen molar-refractivity contribution in [2.24, 2.45) is 30.0 Å². The molecule has 53 nitrogen and oxygen atoms in total. The van der Waals surface area contributed by atoms with Crippen LogP contribution in [0, 0.1) is 20.2 Å². The maximum absolute atomic E-state index is 12.7. The summed E-state index contributed by atoms with van der Waals surface area (Å²) in [6.45, 7) is 19.1. The van der Waals surface area contributed by atoms with E-state index in [1.165, 1.54) is 24.3 Å². The smallest absolute Gasteiger partial charge is 0.333 e. The van der Waals surface area contributed by atoms with Gasteiger partial charge in [-0.15, -0.1) is 0 Å². The van der Waals surface area contributed by atoms with Crippen LogP contribution in [0.3, 0.4) is 0 Å². The van der Waals surface area contributed by atoms with Crippen LogP contribution in [-0.2, 0) is 13.5 Å². The van der Waals surface area contributed by atoms with Crippen molar-refractivity contribution in [1.82, 2.24) is 143 Å². The molecule has 1 unspecified atom stereocenters. The first-order valence-electron chi connectivity index (χ1n) is 49.0. The summed E-state index contributed by atoms with van der Waals surface area (Å²) < 4.78 is 15.5. The maximum Gasteiger partial charge on any atom is 0.333 e. The van der Waals surface area contributed by atoms with Crippen LogP contribution in [0.4, 0.5) is 87.0 Å². The van der Waals surface area contributed by atoms with Crippen LogP contribution in [0.15, 0.2) is 122 Å². The minimum Gasteiger partial charge on any atom is -0.383 e. The van der Waals surface area contributed by atoms with Crippen molar-refractivity contribution in [2.75, 3.05) is 208 Å². The van der Waals surface area contributed by atoms with Gasteiger partial charge in [-0.2, -0.15) is 72.4 Å². The predicted molar refractivity (Wildman–Crippen MR) is 594 cm³/mol. The Bertz CT molecular complexity index is 7380. The van der Waals surface area contributed by atoms with Crippen LogP contribution in [0.2, 0.25) is 10.0 Å². The second-order valence-corrected chi connectivity index (χ2v) is 41.1. The van der Waals surface area contributed by atoms with Crippen molar-refractivity contribution in [1.29, 1.82) is 0 Å². The zero-order chi connectivity index (χ0) is 106. The monoisotopic (exact) mass is 2350 g/mol. The fourth-order valence-electron chi connectivity index (χ4n) is 18.8. The van der Waals surface area contributed by atoms with Gasteiger partial charge in [0.15, 0.2) is 39.8 Å². The van der Waals surface area contributed by atoms with E-state index < -0.39 is 9.85 Å². The van der Waals surface area contributed by atoms with E-state index in [1.54, 1.807) is 73.3 Å². The van der Waals surface area contributed by atoms with E-state index in [9.17, 15) is 25.0 Å². The van der Waals surface area contributed by atoms with Crippen LogP contribution in [0.1, 0.15) is 91.4 Å². The lowest BCUT2D eigenvalue weighted by atomic mass is 9.94. The van der Waals surface area contributed by atoms with Gasteiger partial charge in [0.2, 0.25) is 11.3 Å². The Labute approximate surface area is 902 Å². The van der Waals surface area contributed by atoms with Crippen LogP contribution in [-0.4, -0.2) is 307 Å². The van der Waals surface area contributed by atoms with Gasteiger partial charge in [-0.1, -0.05) is 60.5 Å². The number of benzene rings is 1. The van der Waals surface area contributed by atoms with E-state index in [0.29, 0.717) is 153 Å². The van der Waals surface area contributed by atoms with Crippen molar-refractivity contribution >= 4 is 219 Å². The van der Waals surface area contributed by atoms with Crippen molar-refractivity contribution in [3.05, 3.63) is 175 Å². The van der Waals surface area contributed by atoms with Gasteiger partial charge in [0.05, 0.1) is 67.2 Å². The number of likely N-dealkylation sites (N-methyl/N-ethyl adjacent to an activating group) is 1. The fourth-order valence-corrected chi connectivity index (χ4v) is 21.1. The molecule has 0 radical (unpaired) electrons. The summed E-state index contributed by atoms with van der Waals surface area (Å²) in [5.41, 5.74) is 73.3. The van der Waals surface area contributed by atoms with Gasteiger partial charge in [-0.3, -0.25) is 29.7 Å². The number of nitrogens with one attached hydrogen (secondary N) is 7. The molecule has 15 aromatic heterocycles. The Morgan fingerprint density at radius 3 is 1.46 bits per heavy atom. The SMILES string of the molecule is CCc1cnn2c(N)c(Br)c(N3CC[C@H](NCCN)C3)nc12.CN1CCCC(c2nc3c(-c4cnn(C)c4)cnn3c(N)c2Cl)C1.NCCN[C@H]1CCN(c2nc3c(Br)cnn3c(N)c2Br)C1.NCCN[C@H]1CCN(c2nc3c(Br)cnn3c(N)c2Cl)C1.Nc1cc(N2CC[C@H](N)C2)nc2c([N+](=O)[O-])cnn12.Nc1cc(N[C@H]2CCNC2)nc2c(C(=O)c3ccccc3)cnn12.Nc1cc(N[C@H]2CCNC2)nc2c([N+](=O)[O-])cnn12. The normalized spacial score (nSPS) is 18.6.